The number of hydrogen-bond donors (Lipinski definition) is 0. The maximum Gasteiger partial charge on any atom is 0.252 e. The molecule has 0 amide bonds. The summed E-state index contributed by atoms with van der Waals surface area (Å²) in [5.41, 5.74) is 17.7. The molecule has 4 heterocycles. The van der Waals surface area contributed by atoms with Crippen LogP contribution in [0.3, 0.4) is 0 Å². The van der Waals surface area contributed by atoms with E-state index < -0.39 is 0 Å². The first-order valence-corrected chi connectivity index (χ1v) is 18.9. The van der Waals surface area contributed by atoms with Crippen LogP contribution in [0.15, 0.2) is 42.5 Å². The lowest BCUT2D eigenvalue weighted by Crippen LogP contribution is -2.67. The summed E-state index contributed by atoms with van der Waals surface area (Å²) < 4.78 is 0. The van der Waals surface area contributed by atoms with Crippen molar-refractivity contribution in [2.75, 3.05) is 9.80 Å². The van der Waals surface area contributed by atoms with Crippen molar-refractivity contribution in [2.24, 2.45) is 11.8 Å². The van der Waals surface area contributed by atoms with Gasteiger partial charge < -0.3 is 9.80 Å². The second-order valence-corrected chi connectivity index (χ2v) is 18.9. The van der Waals surface area contributed by atoms with Crippen molar-refractivity contribution in [1.29, 1.82) is 0 Å². The minimum atomic E-state index is 0.0804. The van der Waals surface area contributed by atoms with Crippen molar-refractivity contribution in [1.82, 2.24) is 0 Å². The van der Waals surface area contributed by atoms with Crippen molar-refractivity contribution in [3.05, 3.63) is 64.7 Å². The van der Waals surface area contributed by atoms with Gasteiger partial charge in [0.1, 0.15) is 0 Å². The van der Waals surface area contributed by atoms with Gasteiger partial charge in [0.15, 0.2) is 0 Å². The van der Waals surface area contributed by atoms with E-state index in [2.05, 4.69) is 108 Å². The molecule has 3 aromatic carbocycles. The van der Waals surface area contributed by atoms with E-state index in [1.54, 1.807) is 38.9 Å². The molecule has 238 valence electrons. The van der Waals surface area contributed by atoms with E-state index in [1.165, 1.54) is 86.7 Å². The number of anilines is 4. The van der Waals surface area contributed by atoms with Gasteiger partial charge in [0.25, 0.3) is 6.71 Å². The molecule has 3 aromatic rings. The lowest BCUT2D eigenvalue weighted by atomic mass is 9.33. The average molecular weight is 609 g/mol. The molecule has 0 aromatic heterocycles. The Morgan fingerprint density at radius 2 is 1.35 bits per heavy atom. The van der Waals surface area contributed by atoms with Crippen molar-refractivity contribution in [3.63, 3.8) is 0 Å². The summed E-state index contributed by atoms with van der Waals surface area (Å²) in [5.74, 6) is 1.74. The third kappa shape index (κ3) is 3.01. The van der Waals surface area contributed by atoms with Gasteiger partial charge in [-0.1, -0.05) is 103 Å². The largest absolute Gasteiger partial charge is 0.335 e. The molecule has 0 N–H and O–H groups in total. The summed E-state index contributed by atoms with van der Waals surface area (Å²) in [5, 5.41) is 0. The Morgan fingerprint density at radius 3 is 2.07 bits per heavy atom. The summed E-state index contributed by atoms with van der Waals surface area (Å²) in [6, 6.07) is 18.0. The van der Waals surface area contributed by atoms with Crippen molar-refractivity contribution in [2.45, 2.75) is 147 Å². The van der Waals surface area contributed by atoms with E-state index in [9.17, 15) is 0 Å². The Hall–Kier alpha value is -2.68. The van der Waals surface area contributed by atoms with Gasteiger partial charge in [0.2, 0.25) is 0 Å². The molecular formula is C43H53BN2. The monoisotopic (exact) mass is 608 g/mol. The Kier molecular flexibility index (Phi) is 5.23. The maximum absolute atomic E-state index is 2.96. The van der Waals surface area contributed by atoms with Gasteiger partial charge in [-0.3, -0.25) is 0 Å². The number of fused-ring (bicyclic) bond motifs is 11. The van der Waals surface area contributed by atoms with E-state index in [-0.39, 0.29) is 34.0 Å². The average Bonchev–Trinajstić information content (AvgIpc) is 3.35. The third-order valence-corrected chi connectivity index (χ3v) is 15.7. The summed E-state index contributed by atoms with van der Waals surface area (Å²) in [6.45, 7) is 20.6. The molecule has 6 atom stereocenters. The van der Waals surface area contributed by atoms with Crippen molar-refractivity contribution in [3.8, 4) is 0 Å². The topological polar surface area (TPSA) is 6.48 Å². The van der Waals surface area contributed by atoms with Gasteiger partial charge in [-0.15, -0.1) is 0 Å². The smallest absolute Gasteiger partial charge is 0.252 e. The fourth-order valence-corrected chi connectivity index (χ4v) is 13.0. The molecule has 3 heteroatoms. The van der Waals surface area contributed by atoms with E-state index in [4.69, 9.17) is 0 Å². The summed E-state index contributed by atoms with van der Waals surface area (Å²) in [6.07, 6.45) is 13.6. The number of benzene rings is 3. The Balaban J connectivity index is 1.31. The Labute approximate surface area is 278 Å². The number of nitrogens with zero attached hydrogens (tertiary/aromatic N) is 2. The second kappa shape index (κ2) is 8.48. The van der Waals surface area contributed by atoms with Crippen LogP contribution in [0.1, 0.15) is 135 Å². The zero-order valence-corrected chi connectivity index (χ0v) is 29.7. The molecule has 2 nitrogen and oxygen atoms in total. The zero-order valence-electron chi connectivity index (χ0n) is 29.7. The minimum absolute atomic E-state index is 0.0804. The minimum Gasteiger partial charge on any atom is -0.335 e. The predicted octanol–water partition coefficient (Wildman–Crippen LogP) is 8.95. The highest BCUT2D eigenvalue weighted by Gasteiger charge is 2.66. The Morgan fingerprint density at radius 1 is 0.696 bits per heavy atom. The van der Waals surface area contributed by atoms with Gasteiger partial charge in [0, 0.05) is 33.6 Å². The first-order valence-electron chi connectivity index (χ1n) is 18.9. The molecule has 46 heavy (non-hydrogen) atoms. The summed E-state index contributed by atoms with van der Waals surface area (Å²) in [4.78, 5) is 5.89. The fraction of sp³-hybridized carbons (Fsp3) is 0.581. The van der Waals surface area contributed by atoms with E-state index in [0.717, 1.165) is 11.8 Å². The van der Waals surface area contributed by atoms with Gasteiger partial charge in [-0.05, 0) is 114 Å². The van der Waals surface area contributed by atoms with Gasteiger partial charge in [-0.2, -0.15) is 0 Å². The van der Waals surface area contributed by atoms with Crippen LogP contribution in [0.4, 0.5) is 22.7 Å². The van der Waals surface area contributed by atoms with Crippen molar-refractivity contribution < 1.29 is 0 Å². The zero-order chi connectivity index (χ0) is 31.8. The van der Waals surface area contributed by atoms with Gasteiger partial charge >= 0.3 is 0 Å². The van der Waals surface area contributed by atoms with Crippen LogP contribution in [0.25, 0.3) is 0 Å². The molecule has 0 saturated heterocycles. The molecule has 0 spiro atoms. The lowest BCUT2D eigenvalue weighted by Gasteiger charge is -2.57. The molecule has 0 bridgehead atoms. The fourth-order valence-electron chi connectivity index (χ4n) is 13.0. The molecule has 4 aliphatic heterocycles. The number of rotatable bonds is 0. The molecule has 3 fully saturated rings. The molecule has 7 aliphatic rings. The number of aryl methyl sites for hydroxylation is 1. The lowest BCUT2D eigenvalue weighted by molar-refractivity contribution is 0.0581. The van der Waals surface area contributed by atoms with Gasteiger partial charge in [0.05, 0.1) is 11.1 Å². The van der Waals surface area contributed by atoms with Crippen LogP contribution in [-0.2, 0) is 16.2 Å². The first-order chi connectivity index (χ1) is 21.8. The van der Waals surface area contributed by atoms with Crippen LogP contribution in [-0.4, -0.2) is 17.8 Å². The van der Waals surface area contributed by atoms with E-state index in [0.29, 0.717) is 0 Å². The number of hydrogen-bond acceptors (Lipinski definition) is 2. The van der Waals surface area contributed by atoms with E-state index in [1.807, 2.05) is 0 Å². The molecule has 3 saturated carbocycles. The van der Waals surface area contributed by atoms with Crippen LogP contribution in [0.2, 0.25) is 0 Å². The third-order valence-electron chi connectivity index (χ3n) is 15.7. The standard InChI is InChI=1S/C43H53BN2/c1-26-20-34-36-35(21-26)46-37-30(41(6)24-27-14-9-10-15-28(27)25-43(41,46)8)16-13-17-32(37)44(36)33-23-29(39(2,3)4)22-31-38(33)45(34)42(7)19-12-11-18-40(31,42)5/h13,16-17,20-23,27-28H,9-12,14-15,18-19,24-25H2,1-8H3. The summed E-state index contributed by atoms with van der Waals surface area (Å²) >= 11 is 0. The first kappa shape index (κ1) is 28.3. The SMILES string of the molecule is Cc1cc2c3c(c1)N1c4c(cccc4C4(C)CC5CCCCC5CC14C)B3c1cc(C(C)(C)C)cc3c1N2C1(C)CCCCC31C. The quantitative estimate of drug-likeness (QED) is 0.235. The summed E-state index contributed by atoms with van der Waals surface area (Å²) in [7, 11) is 0. The van der Waals surface area contributed by atoms with Crippen LogP contribution >= 0.6 is 0 Å². The maximum atomic E-state index is 2.96. The molecule has 6 unspecified atom stereocenters. The molecule has 3 aliphatic carbocycles. The van der Waals surface area contributed by atoms with Crippen molar-refractivity contribution >= 4 is 45.9 Å². The molecular weight excluding hydrogens is 555 g/mol. The second-order valence-electron chi connectivity index (χ2n) is 18.9. The van der Waals surface area contributed by atoms with Crippen LogP contribution in [0.5, 0.6) is 0 Å². The van der Waals surface area contributed by atoms with Gasteiger partial charge in [-0.25, -0.2) is 0 Å². The molecule has 0 radical (unpaired) electrons. The predicted molar refractivity (Wildman–Crippen MR) is 196 cm³/mol. The highest BCUT2D eigenvalue weighted by Crippen LogP contribution is 2.66. The number of para-hydroxylation sites is 1. The normalized spacial score (nSPS) is 36.0. The van der Waals surface area contributed by atoms with E-state index >= 15 is 0 Å². The highest BCUT2D eigenvalue weighted by atomic mass is 15.3. The highest BCUT2D eigenvalue weighted by molar-refractivity contribution is 7.00. The molecule has 10 rings (SSSR count). The Bertz CT molecular complexity index is 1870. The van der Waals surface area contributed by atoms with Crippen LogP contribution < -0.4 is 26.2 Å². The van der Waals surface area contributed by atoms with Crippen LogP contribution in [0, 0.1) is 18.8 Å².